The first kappa shape index (κ1) is 19.4. The van der Waals surface area contributed by atoms with Gasteiger partial charge >= 0.3 is 6.09 Å². The first-order valence-electron chi connectivity index (χ1n) is 9.97. The second-order valence-corrected chi connectivity index (χ2v) is 7.85. The van der Waals surface area contributed by atoms with E-state index in [1.807, 2.05) is 24.3 Å². The van der Waals surface area contributed by atoms with Gasteiger partial charge in [0.05, 0.1) is 5.02 Å². The van der Waals surface area contributed by atoms with Gasteiger partial charge in [-0.15, -0.1) is 0 Å². The Morgan fingerprint density at radius 1 is 1.03 bits per heavy atom. The van der Waals surface area contributed by atoms with Crippen LogP contribution in [-0.2, 0) is 11.3 Å². The lowest BCUT2D eigenvalue weighted by Crippen LogP contribution is -2.25. The van der Waals surface area contributed by atoms with Crippen molar-refractivity contribution in [2.24, 2.45) is 0 Å². The highest BCUT2D eigenvalue weighted by molar-refractivity contribution is 6.35. The van der Waals surface area contributed by atoms with E-state index in [-0.39, 0.29) is 24.8 Å². The number of rotatable bonds is 4. The lowest BCUT2D eigenvalue weighted by atomic mass is 9.98. The number of alkyl carbamates (subject to hydrolysis) is 1. The zero-order chi connectivity index (χ0) is 21.4. The van der Waals surface area contributed by atoms with Crippen LogP contribution < -0.4 is 5.32 Å². The normalized spacial score (nSPS) is 12.4. The molecule has 5 nitrogen and oxygen atoms in total. The SMILES string of the molecule is O=C(NCc1cc(Cl)c2cccnc2c1O)OCC1c2ccccc2-c2ccccc21. The van der Waals surface area contributed by atoms with Crippen molar-refractivity contribution in [2.75, 3.05) is 6.61 Å². The lowest BCUT2D eigenvalue weighted by Gasteiger charge is -2.15. The van der Waals surface area contributed by atoms with Crippen molar-refractivity contribution in [1.29, 1.82) is 0 Å². The Bertz CT molecular complexity index is 1260. The molecule has 0 unspecified atom stereocenters. The summed E-state index contributed by atoms with van der Waals surface area (Å²) >= 11 is 6.30. The molecule has 1 aromatic heterocycles. The van der Waals surface area contributed by atoms with Crippen LogP contribution in [0.4, 0.5) is 4.79 Å². The minimum absolute atomic E-state index is 0.000974. The van der Waals surface area contributed by atoms with Crippen LogP contribution in [0.3, 0.4) is 0 Å². The molecule has 31 heavy (non-hydrogen) atoms. The van der Waals surface area contributed by atoms with Gasteiger partial charge < -0.3 is 15.2 Å². The number of benzene rings is 3. The molecule has 0 saturated carbocycles. The molecule has 1 aliphatic rings. The van der Waals surface area contributed by atoms with Gasteiger partial charge in [0.1, 0.15) is 17.9 Å². The van der Waals surface area contributed by atoms with Crippen LogP contribution in [0.25, 0.3) is 22.0 Å². The Hall–Kier alpha value is -3.57. The van der Waals surface area contributed by atoms with Gasteiger partial charge in [-0.3, -0.25) is 4.98 Å². The maximum Gasteiger partial charge on any atom is 0.407 e. The molecule has 5 rings (SSSR count). The smallest absolute Gasteiger partial charge is 0.407 e. The molecular weight excluding hydrogens is 412 g/mol. The summed E-state index contributed by atoms with van der Waals surface area (Å²) in [4.78, 5) is 16.6. The summed E-state index contributed by atoms with van der Waals surface area (Å²) < 4.78 is 5.54. The number of halogens is 1. The number of amides is 1. The summed E-state index contributed by atoms with van der Waals surface area (Å²) in [6.45, 7) is 0.306. The van der Waals surface area contributed by atoms with Crippen LogP contribution in [0.2, 0.25) is 5.02 Å². The average molecular weight is 431 g/mol. The molecule has 1 aliphatic carbocycles. The summed E-state index contributed by atoms with van der Waals surface area (Å²) in [6, 6.07) is 21.5. The summed E-state index contributed by atoms with van der Waals surface area (Å²) in [5.41, 5.74) is 5.54. The van der Waals surface area contributed by atoms with Gasteiger partial charge in [-0.1, -0.05) is 60.1 Å². The Morgan fingerprint density at radius 2 is 1.71 bits per heavy atom. The van der Waals surface area contributed by atoms with Crippen molar-refractivity contribution in [3.63, 3.8) is 0 Å². The number of hydrogen-bond acceptors (Lipinski definition) is 4. The maximum absolute atomic E-state index is 12.4. The molecule has 6 heteroatoms. The highest BCUT2D eigenvalue weighted by Gasteiger charge is 2.29. The fourth-order valence-corrected chi connectivity index (χ4v) is 4.47. The number of aromatic nitrogens is 1. The molecule has 0 atom stereocenters. The van der Waals surface area contributed by atoms with E-state index in [2.05, 4.69) is 34.6 Å². The monoisotopic (exact) mass is 430 g/mol. The van der Waals surface area contributed by atoms with Crippen LogP contribution in [0, 0.1) is 0 Å². The van der Waals surface area contributed by atoms with E-state index < -0.39 is 6.09 Å². The molecule has 4 aromatic rings. The second-order valence-electron chi connectivity index (χ2n) is 7.44. The standard InChI is InChI=1S/C25H19ClN2O3/c26-22-12-15(24(29)23-20(22)10-5-11-27-23)13-28-25(30)31-14-21-18-8-3-1-6-16(18)17-7-2-4-9-19(17)21/h1-12,21,29H,13-14H2,(H,28,30). The first-order valence-corrected chi connectivity index (χ1v) is 10.3. The number of carbonyl (C=O) groups is 1. The van der Waals surface area contributed by atoms with Crippen molar-refractivity contribution in [3.05, 3.63) is 94.6 Å². The highest BCUT2D eigenvalue weighted by atomic mass is 35.5. The third-order valence-electron chi connectivity index (χ3n) is 5.66. The zero-order valence-corrected chi connectivity index (χ0v) is 17.3. The molecule has 2 N–H and O–H groups in total. The van der Waals surface area contributed by atoms with E-state index in [1.165, 1.54) is 11.1 Å². The number of nitrogens with zero attached hydrogens (tertiary/aromatic N) is 1. The van der Waals surface area contributed by atoms with Crippen molar-refractivity contribution >= 4 is 28.6 Å². The van der Waals surface area contributed by atoms with Gasteiger partial charge in [0.15, 0.2) is 0 Å². The van der Waals surface area contributed by atoms with Crippen LogP contribution in [0.15, 0.2) is 72.9 Å². The number of ether oxygens (including phenoxy) is 1. The van der Waals surface area contributed by atoms with E-state index in [9.17, 15) is 9.90 Å². The molecule has 3 aromatic carbocycles. The van der Waals surface area contributed by atoms with Crippen molar-refractivity contribution in [2.45, 2.75) is 12.5 Å². The largest absolute Gasteiger partial charge is 0.505 e. The van der Waals surface area contributed by atoms with Crippen LogP contribution in [0.1, 0.15) is 22.6 Å². The molecule has 0 fully saturated rings. The zero-order valence-electron chi connectivity index (χ0n) is 16.5. The average Bonchev–Trinajstić information content (AvgIpc) is 3.13. The van der Waals surface area contributed by atoms with Gasteiger partial charge in [-0.25, -0.2) is 4.79 Å². The highest BCUT2D eigenvalue weighted by Crippen LogP contribution is 2.44. The van der Waals surface area contributed by atoms with Crippen molar-refractivity contribution in [1.82, 2.24) is 10.3 Å². The molecule has 1 heterocycles. The second kappa shape index (κ2) is 7.93. The number of nitrogens with one attached hydrogen (secondary N) is 1. The summed E-state index contributed by atoms with van der Waals surface area (Å²) in [5, 5.41) is 14.3. The van der Waals surface area contributed by atoms with Crippen LogP contribution in [0.5, 0.6) is 5.75 Å². The summed E-state index contributed by atoms with van der Waals surface area (Å²) in [7, 11) is 0. The molecule has 1 amide bonds. The molecular formula is C25H19ClN2O3. The first-order chi connectivity index (χ1) is 15.1. The Balaban J connectivity index is 1.28. The quantitative estimate of drug-likeness (QED) is 0.440. The molecule has 154 valence electrons. The number of phenols is 1. The predicted octanol–water partition coefficient (Wildman–Crippen LogP) is 5.63. The Kier molecular flexibility index (Phi) is 4.96. The molecule has 0 spiro atoms. The molecule has 0 aliphatic heterocycles. The fourth-order valence-electron chi connectivity index (χ4n) is 4.19. The van der Waals surface area contributed by atoms with Crippen LogP contribution in [-0.4, -0.2) is 22.8 Å². The Morgan fingerprint density at radius 3 is 2.42 bits per heavy atom. The van der Waals surface area contributed by atoms with Gasteiger partial charge in [-0.05, 0) is 40.5 Å². The topological polar surface area (TPSA) is 71.5 Å². The van der Waals surface area contributed by atoms with Gasteiger partial charge in [0, 0.05) is 29.6 Å². The minimum atomic E-state index is -0.557. The van der Waals surface area contributed by atoms with E-state index in [0.717, 1.165) is 11.1 Å². The van der Waals surface area contributed by atoms with Crippen LogP contribution >= 0.6 is 11.6 Å². The molecule has 0 radical (unpaired) electrons. The summed E-state index contributed by atoms with van der Waals surface area (Å²) in [5.74, 6) is -0.00943. The minimum Gasteiger partial charge on any atom is -0.505 e. The van der Waals surface area contributed by atoms with Gasteiger partial charge in [-0.2, -0.15) is 0 Å². The molecule has 0 saturated heterocycles. The van der Waals surface area contributed by atoms with E-state index >= 15 is 0 Å². The maximum atomic E-state index is 12.4. The molecule has 0 bridgehead atoms. The van der Waals surface area contributed by atoms with Crippen molar-refractivity contribution < 1.29 is 14.6 Å². The number of pyridine rings is 1. The van der Waals surface area contributed by atoms with E-state index in [0.29, 0.717) is 21.5 Å². The number of carbonyl (C=O) groups excluding carboxylic acids is 1. The van der Waals surface area contributed by atoms with Gasteiger partial charge in [0.25, 0.3) is 0 Å². The number of aromatic hydroxyl groups is 1. The number of hydrogen-bond donors (Lipinski definition) is 2. The fraction of sp³-hybridized carbons (Fsp3) is 0.120. The van der Waals surface area contributed by atoms with Gasteiger partial charge in [0.2, 0.25) is 0 Å². The summed E-state index contributed by atoms with van der Waals surface area (Å²) in [6.07, 6.45) is 1.03. The third-order valence-corrected chi connectivity index (χ3v) is 5.97. The van der Waals surface area contributed by atoms with E-state index in [1.54, 1.807) is 24.4 Å². The lowest BCUT2D eigenvalue weighted by molar-refractivity contribution is 0.142. The van der Waals surface area contributed by atoms with E-state index in [4.69, 9.17) is 16.3 Å². The predicted molar refractivity (Wildman–Crippen MR) is 120 cm³/mol. The number of fused-ring (bicyclic) bond motifs is 4. The number of phenolic OH excluding ortho intramolecular Hbond substituents is 1. The van der Waals surface area contributed by atoms with Crippen molar-refractivity contribution in [3.8, 4) is 16.9 Å². The third kappa shape index (κ3) is 3.47. The Labute approximate surface area is 184 Å².